The lowest BCUT2D eigenvalue weighted by molar-refractivity contribution is 0.0177. The van der Waals surface area contributed by atoms with Gasteiger partial charge in [0, 0.05) is 44.6 Å². The Balaban J connectivity index is 1.37. The molecule has 1 aromatic rings. The quantitative estimate of drug-likeness (QED) is 0.365. The molecule has 0 saturated carbocycles. The highest BCUT2D eigenvalue weighted by molar-refractivity contribution is 7.10. The van der Waals surface area contributed by atoms with Crippen LogP contribution < -0.4 is 10.6 Å². The second kappa shape index (κ2) is 12.5. The van der Waals surface area contributed by atoms with Gasteiger partial charge in [-0.15, -0.1) is 11.3 Å². The normalized spacial score (nSPS) is 23.1. The summed E-state index contributed by atoms with van der Waals surface area (Å²) in [6.07, 6.45) is 5.20. The zero-order valence-electron chi connectivity index (χ0n) is 18.2. The van der Waals surface area contributed by atoms with E-state index in [4.69, 9.17) is 4.74 Å². The molecule has 29 heavy (non-hydrogen) atoms. The summed E-state index contributed by atoms with van der Waals surface area (Å²) < 4.78 is 5.54. The maximum atomic E-state index is 5.54. The fourth-order valence-electron chi connectivity index (χ4n) is 4.35. The molecule has 0 radical (unpaired) electrons. The zero-order valence-corrected chi connectivity index (χ0v) is 19.1. The molecule has 0 amide bonds. The molecule has 2 aliphatic heterocycles. The van der Waals surface area contributed by atoms with Crippen LogP contribution in [0.3, 0.4) is 0 Å². The lowest BCUT2D eigenvalue weighted by Gasteiger charge is -2.34. The smallest absolute Gasteiger partial charge is 0.191 e. The third-order valence-electron chi connectivity index (χ3n) is 5.98. The van der Waals surface area contributed by atoms with Crippen molar-refractivity contribution < 1.29 is 4.74 Å². The van der Waals surface area contributed by atoms with E-state index >= 15 is 0 Å². The molecule has 7 heteroatoms. The minimum Gasteiger partial charge on any atom is -0.379 e. The van der Waals surface area contributed by atoms with Crippen molar-refractivity contribution in [2.24, 2.45) is 10.9 Å². The number of morpholine rings is 1. The standard InChI is InChI=1S/C22H39N5OS/c1-19-7-5-11-26(18-19)10-4-3-9-24-22(23-2)25-17-20(21-8-6-16-29-21)27-12-14-28-15-13-27/h6,8,16,19-20H,3-5,7,9-15,17-18H2,1-2H3,(H2,23,24,25). The van der Waals surface area contributed by atoms with E-state index in [0.717, 1.165) is 51.3 Å². The predicted octanol–water partition coefficient (Wildman–Crippen LogP) is 2.80. The molecule has 2 unspecified atom stereocenters. The van der Waals surface area contributed by atoms with Crippen molar-refractivity contribution in [2.45, 2.75) is 38.6 Å². The fourth-order valence-corrected chi connectivity index (χ4v) is 5.21. The summed E-state index contributed by atoms with van der Waals surface area (Å²) in [6.45, 7) is 11.6. The van der Waals surface area contributed by atoms with E-state index in [1.807, 2.05) is 18.4 Å². The maximum Gasteiger partial charge on any atom is 0.191 e. The SMILES string of the molecule is CN=C(NCCCCN1CCCC(C)C1)NCC(c1cccs1)N1CCOCC1. The highest BCUT2D eigenvalue weighted by Crippen LogP contribution is 2.25. The third kappa shape index (κ3) is 7.55. The summed E-state index contributed by atoms with van der Waals surface area (Å²) in [5.41, 5.74) is 0. The highest BCUT2D eigenvalue weighted by Gasteiger charge is 2.23. The van der Waals surface area contributed by atoms with Crippen LogP contribution in [0.2, 0.25) is 0 Å². The van der Waals surface area contributed by atoms with Gasteiger partial charge < -0.3 is 20.3 Å². The molecule has 164 valence electrons. The Labute approximate surface area is 180 Å². The number of nitrogens with one attached hydrogen (secondary N) is 2. The molecule has 2 aliphatic rings. The van der Waals surface area contributed by atoms with Gasteiger partial charge in [0.2, 0.25) is 0 Å². The minimum atomic E-state index is 0.374. The molecule has 2 saturated heterocycles. The van der Waals surface area contributed by atoms with Gasteiger partial charge in [0.15, 0.2) is 5.96 Å². The molecular weight excluding hydrogens is 382 g/mol. The molecule has 0 bridgehead atoms. The summed E-state index contributed by atoms with van der Waals surface area (Å²) in [6, 6.07) is 4.76. The van der Waals surface area contributed by atoms with Gasteiger partial charge >= 0.3 is 0 Å². The van der Waals surface area contributed by atoms with Gasteiger partial charge in [0.05, 0.1) is 19.3 Å². The van der Waals surface area contributed by atoms with Gasteiger partial charge in [-0.3, -0.25) is 9.89 Å². The molecule has 1 aromatic heterocycles. The molecule has 2 fully saturated rings. The lowest BCUT2D eigenvalue weighted by atomic mass is 10.0. The number of hydrogen-bond donors (Lipinski definition) is 2. The molecular formula is C22H39N5OS. The van der Waals surface area contributed by atoms with Gasteiger partial charge in [0.1, 0.15) is 0 Å². The first-order valence-electron chi connectivity index (χ1n) is 11.3. The number of hydrogen-bond acceptors (Lipinski definition) is 5. The van der Waals surface area contributed by atoms with Crippen LogP contribution in [-0.4, -0.2) is 81.8 Å². The molecule has 2 atom stereocenters. The molecule has 3 rings (SSSR count). The summed E-state index contributed by atoms with van der Waals surface area (Å²) in [5, 5.41) is 9.22. The number of unbranched alkanes of at least 4 members (excludes halogenated alkanes) is 1. The molecule has 0 aliphatic carbocycles. The number of guanidine groups is 1. The van der Waals surface area contributed by atoms with Crippen LogP contribution in [0.25, 0.3) is 0 Å². The monoisotopic (exact) mass is 421 g/mol. The summed E-state index contributed by atoms with van der Waals surface area (Å²) in [4.78, 5) is 11.0. The Kier molecular flexibility index (Phi) is 9.73. The Morgan fingerprint density at radius 1 is 1.28 bits per heavy atom. The van der Waals surface area contributed by atoms with E-state index in [1.54, 1.807) is 0 Å². The number of aliphatic imine (C=N–C) groups is 1. The largest absolute Gasteiger partial charge is 0.379 e. The van der Waals surface area contributed by atoms with Gasteiger partial charge in [-0.2, -0.15) is 0 Å². The second-order valence-corrected chi connectivity index (χ2v) is 9.29. The maximum absolute atomic E-state index is 5.54. The predicted molar refractivity (Wildman–Crippen MR) is 123 cm³/mol. The van der Waals surface area contributed by atoms with E-state index in [2.05, 4.69) is 49.9 Å². The Bertz CT molecular complexity index is 588. The molecule has 3 heterocycles. The molecule has 6 nitrogen and oxygen atoms in total. The summed E-state index contributed by atoms with van der Waals surface area (Å²) in [7, 11) is 1.86. The van der Waals surface area contributed by atoms with E-state index in [0.29, 0.717) is 6.04 Å². The van der Waals surface area contributed by atoms with Gasteiger partial charge in [0.25, 0.3) is 0 Å². The summed E-state index contributed by atoms with van der Waals surface area (Å²) in [5.74, 6) is 1.78. The topological polar surface area (TPSA) is 52.1 Å². The van der Waals surface area contributed by atoms with Crippen molar-refractivity contribution >= 4 is 17.3 Å². The number of thiophene rings is 1. The van der Waals surface area contributed by atoms with Crippen molar-refractivity contribution in [1.29, 1.82) is 0 Å². The number of ether oxygens (including phenoxy) is 1. The lowest BCUT2D eigenvalue weighted by Crippen LogP contribution is -2.46. The Morgan fingerprint density at radius 3 is 2.86 bits per heavy atom. The number of nitrogens with zero attached hydrogens (tertiary/aromatic N) is 3. The number of piperidine rings is 1. The fraction of sp³-hybridized carbons (Fsp3) is 0.773. The number of likely N-dealkylation sites (tertiary alicyclic amines) is 1. The van der Waals surface area contributed by atoms with Crippen molar-refractivity contribution in [2.75, 3.05) is 66.1 Å². The summed E-state index contributed by atoms with van der Waals surface area (Å²) >= 11 is 1.83. The average molecular weight is 422 g/mol. The van der Waals surface area contributed by atoms with Gasteiger partial charge in [-0.1, -0.05) is 13.0 Å². The minimum absolute atomic E-state index is 0.374. The molecule has 0 spiro atoms. The van der Waals surface area contributed by atoms with Crippen LogP contribution >= 0.6 is 11.3 Å². The highest BCUT2D eigenvalue weighted by atomic mass is 32.1. The first-order valence-corrected chi connectivity index (χ1v) is 12.2. The third-order valence-corrected chi connectivity index (χ3v) is 6.95. The van der Waals surface area contributed by atoms with Crippen molar-refractivity contribution in [1.82, 2.24) is 20.4 Å². The van der Waals surface area contributed by atoms with Gasteiger partial charge in [-0.05, 0) is 56.1 Å². The van der Waals surface area contributed by atoms with E-state index in [1.165, 1.54) is 50.2 Å². The second-order valence-electron chi connectivity index (χ2n) is 8.31. The van der Waals surface area contributed by atoms with Crippen molar-refractivity contribution in [3.05, 3.63) is 22.4 Å². The van der Waals surface area contributed by atoms with Crippen LogP contribution in [0.15, 0.2) is 22.5 Å². The Hall–Kier alpha value is -1.15. The first-order chi connectivity index (χ1) is 14.3. The van der Waals surface area contributed by atoms with Crippen LogP contribution in [0, 0.1) is 5.92 Å². The van der Waals surface area contributed by atoms with Crippen LogP contribution in [-0.2, 0) is 4.74 Å². The van der Waals surface area contributed by atoms with Crippen molar-refractivity contribution in [3.8, 4) is 0 Å². The Morgan fingerprint density at radius 2 is 2.14 bits per heavy atom. The first kappa shape index (κ1) is 22.5. The van der Waals surface area contributed by atoms with Crippen LogP contribution in [0.5, 0.6) is 0 Å². The van der Waals surface area contributed by atoms with Crippen LogP contribution in [0.1, 0.15) is 43.5 Å². The van der Waals surface area contributed by atoms with Crippen molar-refractivity contribution in [3.63, 3.8) is 0 Å². The van der Waals surface area contributed by atoms with Gasteiger partial charge in [-0.25, -0.2) is 0 Å². The zero-order chi connectivity index (χ0) is 20.3. The van der Waals surface area contributed by atoms with E-state index in [-0.39, 0.29) is 0 Å². The van der Waals surface area contributed by atoms with E-state index < -0.39 is 0 Å². The molecule has 0 aromatic carbocycles. The average Bonchev–Trinajstić information content (AvgIpc) is 3.27. The van der Waals surface area contributed by atoms with Crippen LogP contribution in [0.4, 0.5) is 0 Å². The van der Waals surface area contributed by atoms with E-state index in [9.17, 15) is 0 Å². The number of rotatable bonds is 9. The molecule has 2 N–H and O–H groups in total.